The molecule has 2 N–H and O–H groups in total. The largest absolute Gasteiger partial charge is 0.496 e. The lowest BCUT2D eigenvalue weighted by Crippen LogP contribution is -2.16. The van der Waals surface area contributed by atoms with Gasteiger partial charge in [-0.05, 0) is 42.8 Å². The van der Waals surface area contributed by atoms with Crippen molar-refractivity contribution in [3.05, 3.63) is 109 Å². The number of nitrogens with one attached hydrogen (secondary N) is 2. The first-order chi connectivity index (χ1) is 18.4. The number of rotatable bonds is 9. The molecule has 0 atom stereocenters. The van der Waals surface area contributed by atoms with Gasteiger partial charge in [-0.3, -0.25) is 19.9 Å². The molecule has 11 heteroatoms. The maximum atomic E-state index is 12.4. The topological polar surface area (TPSA) is 156 Å². The number of anilines is 1. The predicted molar refractivity (Wildman–Crippen MR) is 141 cm³/mol. The zero-order chi connectivity index (χ0) is 27.1. The van der Waals surface area contributed by atoms with Crippen LogP contribution >= 0.6 is 0 Å². The number of hydrogen-bond acceptors (Lipinski definition) is 9. The molecule has 0 radical (unpaired) electrons. The minimum atomic E-state index is -0.579. The lowest BCUT2D eigenvalue weighted by molar-refractivity contribution is -0.385. The van der Waals surface area contributed by atoms with Crippen molar-refractivity contribution < 1.29 is 14.4 Å². The third-order valence-electron chi connectivity index (χ3n) is 5.53. The molecule has 0 saturated carbocycles. The molecule has 0 unspecified atom stereocenters. The van der Waals surface area contributed by atoms with Crippen LogP contribution in [-0.2, 0) is 6.61 Å². The van der Waals surface area contributed by atoms with Crippen LogP contribution in [0, 0.1) is 28.4 Å². The highest BCUT2D eigenvalue weighted by Crippen LogP contribution is 2.26. The molecule has 4 rings (SSSR count). The third-order valence-corrected chi connectivity index (χ3v) is 5.53. The van der Waals surface area contributed by atoms with E-state index in [9.17, 15) is 20.2 Å². The van der Waals surface area contributed by atoms with Gasteiger partial charge in [-0.25, -0.2) is 10.4 Å². The minimum absolute atomic E-state index is 0.0228. The summed E-state index contributed by atoms with van der Waals surface area (Å²) in [6.45, 7) is 1.80. The van der Waals surface area contributed by atoms with E-state index >= 15 is 0 Å². The van der Waals surface area contributed by atoms with Crippen LogP contribution in [0.2, 0.25) is 0 Å². The van der Waals surface area contributed by atoms with Crippen LogP contribution in [0.25, 0.3) is 11.3 Å². The second-order valence-corrected chi connectivity index (χ2v) is 8.05. The molecule has 0 aliphatic heterocycles. The first kappa shape index (κ1) is 25.6. The fourth-order valence-corrected chi connectivity index (χ4v) is 3.68. The van der Waals surface area contributed by atoms with Crippen molar-refractivity contribution >= 4 is 17.9 Å². The molecule has 11 nitrogen and oxygen atoms in total. The lowest BCUT2D eigenvalue weighted by atomic mass is 10.1. The first-order valence-electron chi connectivity index (χ1n) is 11.3. The highest BCUT2D eigenvalue weighted by Gasteiger charge is 2.14. The molecule has 4 aromatic rings. The third kappa shape index (κ3) is 5.83. The quantitative estimate of drug-likeness (QED) is 0.189. The summed E-state index contributed by atoms with van der Waals surface area (Å²) < 4.78 is 11.3. The number of nitro groups is 1. The number of nitriles is 1. The number of H-pyrrole nitrogens is 1. The Balaban J connectivity index is 1.51. The summed E-state index contributed by atoms with van der Waals surface area (Å²) in [5, 5.41) is 24.6. The van der Waals surface area contributed by atoms with Crippen LogP contribution in [0.1, 0.15) is 22.3 Å². The Hall–Kier alpha value is -5.50. The Labute approximate surface area is 217 Å². The number of methoxy groups -OCH3 is 1. The Morgan fingerprint density at radius 1 is 1.18 bits per heavy atom. The van der Waals surface area contributed by atoms with Crippen molar-refractivity contribution in [1.82, 2.24) is 9.97 Å². The summed E-state index contributed by atoms with van der Waals surface area (Å²) >= 11 is 0. The van der Waals surface area contributed by atoms with Crippen molar-refractivity contribution in [2.75, 3.05) is 12.5 Å². The van der Waals surface area contributed by atoms with E-state index in [1.165, 1.54) is 12.3 Å². The number of ether oxygens (including phenoxy) is 2. The first-order valence-corrected chi connectivity index (χ1v) is 11.3. The maximum absolute atomic E-state index is 12.4. The zero-order valence-corrected chi connectivity index (χ0v) is 20.5. The van der Waals surface area contributed by atoms with E-state index in [0.717, 1.165) is 5.56 Å². The van der Waals surface area contributed by atoms with E-state index in [1.807, 2.05) is 18.2 Å². The van der Waals surface area contributed by atoms with Crippen molar-refractivity contribution in [1.29, 1.82) is 5.26 Å². The highest BCUT2D eigenvalue weighted by molar-refractivity contribution is 5.81. The Morgan fingerprint density at radius 3 is 2.66 bits per heavy atom. The van der Waals surface area contributed by atoms with Gasteiger partial charge in [0.25, 0.3) is 11.2 Å². The molecule has 0 amide bonds. The molecule has 0 aliphatic carbocycles. The van der Waals surface area contributed by atoms with Gasteiger partial charge < -0.3 is 9.47 Å². The summed E-state index contributed by atoms with van der Waals surface area (Å²) in [5.74, 6) is 1.16. The van der Waals surface area contributed by atoms with E-state index in [2.05, 4.69) is 20.5 Å². The summed E-state index contributed by atoms with van der Waals surface area (Å²) in [4.78, 5) is 29.9. The van der Waals surface area contributed by atoms with Gasteiger partial charge in [0.05, 0.1) is 23.9 Å². The summed E-state index contributed by atoms with van der Waals surface area (Å²) in [5.41, 5.74) is 4.86. The Kier molecular flexibility index (Phi) is 7.74. The number of hydrazone groups is 1. The van der Waals surface area contributed by atoms with Crippen LogP contribution < -0.4 is 20.5 Å². The number of nitro benzene ring substituents is 1. The van der Waals surface area contributed by atoms with Crippen molar-refractivity contribution in [2.45, 2.75) is 13.5 Å². The monoisotopic (exact) mass is 510 g/mol. The van der Waals surface area contributed by atoms with Crippen molar-refractivity contribution in [3.63, 3.8) is 0 Å². The van der Waals surface area contributed by atoms with Gasteiger partial charge in [0, 0.05) is 22.8 Å². The van der Waals surface area contributed by atoms with E-state index in [1.54, 1.807) is 62.6 Å². The average Bonchev–Trinajstić information content (AvgIpc) is 2.92. The SMILES string of the molecule is COc1ccc(C=NNc2nc(-c3ccccc3)c(C#N)c(=O)[nH]2)cc1COc1ccc([N+](=O)[O-])c(C)c1. The Morgan fingerprint density at radius 2 is 1.97 bits per heavy atom. The number of nitrogens with zero attached hydrogens (tertiary/aromatic N) is 4. The average molecular weight is 511 g/mol. The van der Waals surface area contributed by atoms with Crippen LogP contribution in [-0.4, -0.2) is 28.2 Å². The van der Waals surface area contributed by atoms with Crippen LogP contribution in [0.4, 0.5) is 11.6 Å². The van der Waals surface area contributed by atoms with Gasteiger partial charge in [0.15, 0.2) is 0 Å². The van der Waals surface area contributed by atoms with Crippen molar-refractivity contribution in [3.8, 4) is 28.8 Å². The van der Waals surface area contributed by atoms with Gasteiger partial charge in [-0.1, -0.05) is 30.3 Å². The van der Waals surface area contributed by atoms with Crippen LogP contribution in [0.3, 0.4) is 0 Å². The molecular weight excluding hydrogens is 488 g/mol. The number of aromatic nitrogens is 2. The number of hydrogen-bond donors (Lipinski definition) is 2. The standard InChI is InChI=1S/C27H22N6O5/c1-17-12-21(9-10-23(17)33(35)36)38-16-20-13-18(8-11-24(20)37-2)15-29-32-27-30-25(19-6-4-3-5-7-19)22(14-28)26(34)31-27/h3-13,15H,16H2,1-2H3,(H2,30,31,32,34). The zero-order valence-electron chi connectivity index (χ0n) is 20.5. The number of aryl methyl sites for hydroxylation is 1. The minimum Gasteiger partial charge on any atom is -0.496 e. The molecule has 1 aromatic heterocycles. The predicted octanol–water partition coefficient (Wildman–Crippen LogP) is 4.56. The fraction of sp³-hybridized carbons (Fsp3) is 0.111. The summed E-state index contributed by atoms with van der Waals surface area (Å²) in [6, 6.07) is 20.7. The smallest absolute Gasteiger partial charge is 0.272 e. The van der Waals surface area contributed by atoms with Gasteiger partial charge in [-0.15, -0.1) is 0 Å². The van der Waals surface area contributed by atoms with Crippen LogP contribution in [0.15, 0.2) is 76.6 Å². The van der Waals surface area contributed by atoms with Crippen molar-refractivity contribution in [2.24, 2.45) is 5.10 Å². The van der Waals surface area contributed by atoms with E-state index in [4.69, 9.17) is 9.47 Å². The maximum Gasteiger partial charge on any atom is 0.272 e. The fourth-order valence-electron chi connectivity index (χ4n) is 3.68. The Bertz CT molecular complexity index is 1610. The molecule has 1 heterocycles. The van der Waals surface area contributed by atoms with Gasteiger partial charge in [0.1, 0.15) is 29.7 Å². The summed E-state index contributed by atoms with van der Waals surface area (Å²) in [7, 11) is 1.54. The van der Waals surface area contributed by atoms with Gasteiger partial charge in [-0.2, -0.15) is 10.4 Å². The number of aromatic amines is 1. The van der Waals surface area contributed by atoms with Gasteiger partial charge >= 0.3 is 0 Å². The van der Waals surface area contributed by atoms with E-state index in [-0.39, 0.29) is 29.5 Å². The molecule has 190 valence electrons. The summed E-state index contributed by atoms with van der Waals surface area (Å²) in [6.07, 6.45) is 1.53. The number of benzene rings is 3. The molecule has 3 aromatic carbocycles. The molecule has 0 aliphatic rings. The highest BCUT2D eigenvalue weighted by atomic mass is 16.6. The lowest BCUT2D eigenvalue weighted by Gasteiger charge is -2.11. The normalized spacial score (nSPS) is 10.7. The molecule has 0 saturated heterocycles. The molecular formula is C27H22N6O5. The molecule has 38 heavy (non-hydrogen) atoms. The molecule has 0 spiro atoms. The van der Waals surface area contributed by atoms with Crippen LogP contribution in [0.5, 0.6) is 11.5 Å². The second kappa shape index (κ2) is 11.5. The van der Waals surface area contributed by atoms with Gasteiger partial charge in [0.2, 0.25) is 5.95 Å². The molecule has 0 fully saturated rings. The van der Waals surface area contributed by atoms with E-state index in [0.29, 0.717) is 28.2 Å². The second-order valence-electron chi connectivity index (χ2n) is 8.05. The van der Waals surface area contributed by atoms with E-state index < -0.39 is 10.5 Å². The molecule has 0 bridgehead atoms.